The molecule has 0 saturated carbocycles. The number of benzene rings is 1. The number of hydrogen-bond donors (Lipinski definition) is 1. The minimum Gasteiger partial charge on any atom is -0.506 e. The SMILES string of the molecule is Cc1c(C=O)cc2ccsc2c1O. The van der Waals surface area contributed by atoms with E-state index >= 15 is 0 Å². The first-order chi connectivity index (χ1) is 6.24. The quantitative estimate of drug-likeness (QED) is 0.705. The van der Waals surface area contributed by atoms with E-state index in [0.29, 0.717) is 11.1 Å². The molecule has 2 nitrogen and oxygen atoms in total. The zero-order chi connectivity index (χ0) is 9.42. The molecule has 1 heterocycles. The molecular weight excluding hydrogens is 184 g/mol. The number of thiophene rings is 1. The van der Waals surface area contributed by atoms with Crippen LogP contribution in [0.15, 0.2) is 17.5 Å². The van der Waals surface area contributed by atoms with Gasteiger partial charge in [0.1, 0.15) is 12.0 Å². The predicted molar refractivity (Wildman–Crippen MR) is 53.6 cm³/mol. The average molecular weight is 192 g/mol. The first kappa shape index (κ1) is 8.26. The fourth-order valence-electron chi connectivity index (χ4n) is 1.33. The molecule has 0 bridgehead atoms. The van der Waals surface area contributed by atoms with Crippen molar-refractivity contribution in [2.24, 2.45) is 0 Å². The molecular formula is C10H8O2S. The predicted octanol–water partition coefficient (Wildman–Crippen LogP) is 2.73. The summed E-state index contributed by atoms with van der Waals surface area (Å²) in [4.78, 5) is 10.6. The first-order valence-electron chi connectivity index (χ1n) is 3.89. The van der Waals surface area contributed by atoms with Crippen molar-refractivity contribution in [3.8, 4) is 5.75 Å². The smallest absolute Gasteiger partial charge is 0.150 e. The largest absolute Gasteiger partial charge is 0.506 e. The Morgan fingerprint density at radius 3 is 3.00 bits per heavy atom. The van der Waals surface area contributed by atoms with Crippen molar-refractivity contribution in [2.45, 2.75) is 6.92 Å². The van der Waals surface area contributed by atoms with Gasteiger partial charge in [0.05, 0.1) is 4.70 Å². The number of rotatable bonds is 1. The summed E-state index contributed by atoms with van der Waals surface area (Å²) in [6, 6.07) is 3.69. The van der Waals surface area contributed by atoms with Crippen LogP contribution in [0.5, 0.6) is 5.75 Å². The van der Waals surface area contributed by atoms with Gasteiger partial charge in [-0.1, -0.05) is 0 Å². The van der Waals surface area contributed by atoms with Gasteiger partial charge in [-0.05, 0) is 29.8 Å². The van der Waals surface area contributed by atoms with Crippen molar-refractivity contribution in [3.63, 3.8) is 0 Å². The highest BCUT2D eigenvalue weighted by Crippen LogP contribution is 2.34. The molecule has 1 N–H and O–H groups in total. The van der Waals surface area contributed by atoms with E-state index in [9.17, 15) is 9.90 Å². The van der Waals surface area contributed by atoms with Gasteiger partial charge in [-0.25, -0.2) is 0 Å². The van der Waals surface area contributed by atoms with E-state index in [1.807, 2.05) is 11.4 Å². The third kappa shape index (κ3) is 1.12. The first-order valence-corrected chi connectivity index (χ1v) is 4.77. The molecule has 13 heavy (non-hydrogen) atoms. The highest BCUT2D eigenvalue weighted by atomic mass is 32.1. The Morgan fingerprint density at radius 2 is 2.31 bits per heavy atom. The van der Waals surface area contributed by atoms with Gasteiger partial charge in [-0.15, -0.1) is 11.3 Å². The van der Waals surface area contributed by atoms with Gasteiger partial charge in [0.15, 0.2) is 0 Å². The minimum atomic E-state index is 0.231. The lowest BCUT2D eigenvalue weighted by Gasteiger charge is -2.02. The Balaban J connectivity index is 2.91. The summed E-state index contributed by atoms with van der Waals surface area (Å²) < 4.78 is 0.850. The second kappa shape index (κ2) is 2.85. The van der Waals surface area contributed by atoms with Crippen LogP contribution in [0.25, 0.3) is 10.1 Å². The maximum Gasteiger partial charge on any atom is 0.150 e. The molecule has 1 aromatic carbocycles. The molecule has 0 amide bonds. The summed E-state index contributed by atoms with van der Waals surface area (Å²) in [5, 5.41) is 12.5. The van der Waals surface area contributed by atoms with Crippen molar-refractivity contribution in [2.75, 3.05) is 0 Å². The van der Waals surface area contributed by atoms with E-state index in [-0.39, 0.29) is 5.75 Å². The van der Waals surface area contributed by atoms with Crippen LogP contribution in [-0.4, -0.2) is 11.4 Å². The van der Waals surface area contributed by atoms with Crippen molar-refractivity contribution < 1.29 is 9.90 Å². The summed E-state index contributed by atoms with van der Waals surface area (Å²) in [7, 11) is 0. The Morgan fingerprint density at radius 1 is 1.54 bits per heavy atom. The zero-order valence-corrected chi connectivity index (χ0v) is 7.89. The summed E-state index contributed by atoms with van der Waals surface area (Å²) in [6.07, 6.45) is 0.770. The fraction of sp³-hybridized carbons (Fsp3) is 0.100. The number of aldehydes is 1. The lowest BCUT2D eigenvalue weighted by atomic mass is 10.1. The van der Waals surface area contributed by atoms with E-state index in [2.05, 4.69) is 0 Å². The number of hydrogen-bond acceptors (Lipinski definition) is 3. The average Bonchev–Trinajstić information content (AvgIpc) is 2.59. The molecule has 3 heteroatoms. The molecule has 2 rings (SSSR count). The molecule has 66 valence electrons. The Bertz CT molecular complexity index is 471. The van der Waals surface area contributed by atoms with Crippen LogP contribution in [0.2, 0.25) is 0 Å². The topological polar surface area (TPSA) is 37.3 Å². The van der Waals surface area contributed by atoms with E-state index in [1.165, 1.54) is 11.3 Å². The van der Waals surface area contributed by atoms with Crippen molar-refractivity contribution in [1.29, 1.82) is 0 Å². The lowest BCUT2D eigenvalue weighted by Crippen LogP contribution is -1.86. The summed E-state index contributed by atoms with van der Waals surface area (Å²) in [5.41, 5.74) is 1.22. The molecule has 0 unspecified atom stereocenters. The van der Waals surface area contributed by atoms with Crippen molar-refractivity contribution >= 4 is 27.7 Å². The third-order valence-electron chi connectivity index (χ3n) is 2.14. The Hall–Kier alpha value is -1.35. The van der Waals surface area contributed by atoms with Gasteiger partial charge in [0.25, 0.3) is 0 Å². The summed E-state index contributed by atoms with van der Waals surface area (Å²) in [6.45, 7) is 1.75. The number of phenolic OH excluding ortho intramolecular Hbond substituents is 1. The van der Waals surface area contributed by atoms with Crippen LogP contribution in [0, 0.1) is 6.92 Å². The second-order valence-electron chi connectivity index (χ2n) is 2.90. The van der Waals surface area contributed by atoms with Crippen LogP contribution < -0.4 is 0 Å². The maximum absolute atomic E-state index is 10.6. The van der Waals surface area contributed by atoms with Crippen LogP contribution >= 0.6 is 11.3 Å². The fourth-order valence-corrected chi connectivity index (χ4v) is 2.21. The normalized spacial score (nSPS) is 10.5. The van der Waals surface area contributed by atoms with Gasteiger partial charge in [-0.3, -0.25) is 4.79 Å². The lowest BCUT2D eigenvalue weighted by molar-refractivity contribution is 0.112. The molecule has 0 radical (unpaired) electrons. The van der Waals surface area contributed by atoms with E-state index in [0.717, 1.165) is 16.4 Å². The van der Waals surface area contributed by atoms with Crippen LogP contribution in [-0.2, 0) is 0 Å². The van der Waals surface area contributed by atoms with Gasteiger partial charge in [0, 0.05) is 11.1 Å². The van der Waals surface area contributed by atoms with Crippen molar-refractivity contribution in [1.82, 2.24) is 0 Å². The molecule has 0 spiro atoms. The highest BCUT2D eigenvalue weighted by Gasteiger charge is 2.08. The Kier molecular flexibility index (Phi) is 1.81. The number of fused-ring (bicyclic) bond motifs is 1. The molecule has 0 aliphatic carbocycles. The minimum absolute atomic E-state index is 0.231. The van der Waals surface area contributed by atoms with Crippen LogP contribution in [0.1, 0.15) is 15.9 Å². The standard InChI is InChI=1S/C10H8O2S/c1-6-8(5-11)4-7-2-3-13-10(7)9(6)12/h2-5,12H,1H3. The molecule has 0 atom stereocenters. The van der Waals surface area contributed by atoms with Gasteiger partial charge in [0.2, 0.25) is 0 Å². The van der Waals surface area contributed by atoms with Crippen LogP contribution in [0.3, 0.4) is 0 Å². The summed E-state index contributed by atoms with van der Waals surface area (Å²) in [5.74, 6) is 0.231. The number of phenols is 1. The summed E-state index contributed by atoms with van der Waals surface area (Å²) >= 11 is 1.48. The number of aromatic hydroxyl groups is 1. The molecule has 2 aromatic rings. The van der Waals surface area contributed by atoms with E-state index < -0.39 is 0 Å². The van der Waals surface area contributed by atoms with E-state index in [4.69, 9.17) is 0 Å². The third-order valence-corrected chi connectivity index (χ3v) is 3.07. The van der Waals surface area contributed by atoms with E-state index in [1.54, 1.807) is 13.0 Å². The zero-order valence-electron chi connectivity index (χ0n) is 7.07. The van der Waals surface area contributed by atoms with Gasteiger partial charge in [-0.2, -0.15) is 0 Å². The monoisotopic (exact) mass is 192 g/mol. The molecule has 0 saturated heterocycles. The number of carbonyl (C=O) groups is 1. The van der Waals surface area contributed by atoms with Gasteiger partial charge < -0.3 is 5.11 Å². The second-order valence-corrected chi connectivity index (χ2v) is 3.81. The van der Waals surface area contributed by atoms with Crippen molar-refractivity contribution in [3.05, 3.63) is 28.6 Å². The molecule has 0 fully saturated rings. The molecule has 1 aromatic heterocycles. The van der Waals surface area contributed by atoms with Crippen LogP contribution in [0.4, 0.5) is 0 Å². The molecule has 0 aliphatic rings. The maximum atomic E-state index is 10.6. The Labute approximate surface area is 79.4 Å². The van der Waals surface area contributed by atoms with Gasteiger partial charge >= 0.3 is 0 Å². The highest BCUT2D eigenvalue weighted by molar-refractivity contribution is 7.17. The molecule has 0 aliphatic heterocycles. The number of carbonyl (C=O) groups excluding carboxylic acids is 1.